The number of aryl methyl sites for hydroxylation is 1. The lowest BCUT2D eigenvalue weighted by Crippen LogP contribution is -2.27. The minimum Gasteiger partial charge on any atom is -0.340 e. The predicted octanol–water partition coefficient (Wildman–Crippen LogP) is 3.48. The maximum atomic E-state index is 12.0. The van der Waals surface area contributed by atoms with E-state index in [1.807, 2.05) is 31.5 Å². The Kier molecular flexibility index (Phi) is 4.53. The maximum absolute atomic E-state index is 12.0. The Morgan fingerprint density at radius 2 is 2.28 bits per heavy atom. The molecule has 1 amide bonds. The van der Waals surface area contributed by atoms with Crippen LogP contribution >= 0.6 is 38.6 Å². The number of carbonyl (C=O) groups excluding carboxylic acids is 1. The van der Waals surface area contributed by atoms with Gasteiger partial charge < -0.3 is 4.90 Å². The molecule has 96 valence electrons. The van der Waals surface area contributed by atoms with E-state index in [1.165, 1.54) is 4.88 Å². The van der Waals surface area contributed by atoms with Crippen LogP contribution in [0.25, 0.3) is 0 Å². The smallest absolute Gasteiger partial charge is 0.228 e. The van der Waals surface area contributed by atoms with Gasteiger partial charge in [-0.3, -0.25) is 4.79 Å². The van der Waals surface area contributed by atoms with Crippen LogP contribution in [0.15, 0.2) is 21.3 Å². The van der Waals surface area contributed by atoms with Crippen LogP contribution in [0.3, 0.4) is 0 Å². The van der Waals surface area contributed by atoms with Gasteiger partial charge in [0.1, 0.15) is 0 Å². The van der Waals surface area contributed by atoms with Gasteiger partial charge in [-0.25, -0.2) is 4.98 Å². The molecule has 0 saturated carbocycles. The summed E-state index contributed by atoms with van der Waals surface area (Å²) in [5.74, 6) is 0.102. The van der Waals surface area contributed by atoms with Crippen molar-refractivity contribution in [3.05, 3.63) is 36.9 Å². The van der Waals surface area contributed by atoms with Crippen LogP contribution in [-0.2, 0) is 17.8 Å². The van der Waals surface area contributed by atoms with Crippen molar-refractivity contribution in [2.24, 2.45) is 0 Å². The summed E-state index contributed by atoms with van der Waals surface area (Å²) in [5.41, 5.74) is 0.863. The number of nitrogens with zero attached hydrogens (tertiary/aromatic N) is 2. The average Bonchev–Trinajstić information content (AvgIpc) is 2.88. The van der Waals surface area contributed by atoms with Crippen LogP contribution in [0.5, 0.6) is 0 Å². The van der Waals surface area contributed by atoms with Gasteiger partial charge >= 0.3 is 0 Å². The summed E-state index contributed by atoms with van der Waals surface area (Å²) in [6.45, 7) is 2.60. The highest BCUT2D eigenvalue weighted by molar-refractivity contribution is 9.11. The number of likely N-dealkylation sites (N-methyl/N-ethyl adjacent to an activating group) is 1. The van der Waals surface area contributed by atoms with Crippen molar-refractivity contribution < 1.29 is 4.79 Å². The Morgan fingerprint density at radius 3 is 2.83 bits per heavy atom. The molecule has 2 aromatic heterocycles. The van der Waals surface area contributed by atoms with Gasteiger partial charge in [0.2, 0.25) is 5.91 Å². The van der Waals surface area contributed by atoms with Gasteiger partial charge in [-0.1, -0.05) is 0 Å². The van der Waals surface area contributed by atoms with Crippen molar-refractivity contribution in [3.8, 4) is 0 Å². The summed E-state index contributed by atoms with van der Waals surface area (Å²) in [6.07, 6.45) is 0.382. The average molecular weight is 345 g/mol. The van der Waals surface area contributed by atoms with Gasteiger partial charge in [-0.05, 0) is 35.0 Å². The quantitative estimate of drug-likeness (QED) is 0.850. The summed E-state index contributed by atoms with van der Waals surface area (Å²) in [7, 11) is 1.83. The molecule has 0 atom stereocenters. The van der Waals surface area contributed by atoms with E-state index in [9.17, 15) is 4.79 Å². The second kappa shape index (κ2) is 5.95. The van der Waals surface area contributed by atoms with Gasteiger partial charge in [-0.2, -0.15) is 0 Å². The van der Waals surface area contributed by atoms with E-state index >= 15 is 0 Å². The Labute approximate surface area is 123 Å². The third-order valence-electron chi connectivity index (χ3n) is 2.45. The zero-order chi connectivity index (χ0) is 13.1. The molecule has 6 heteroatoms. The molecule has 0 aliphatic rings. The minimum absolute atomic E-state index is 0.102. The molecule has 0 saturated heterocycles. The molecule has 0 aliphatic carbocycles. The molecule has 0 unspecified atom stereocenters. The van der Waals surface area contributed by atoms with Gasteiger partial charge in [0.15, 0.2) is 0 Å². The first-order chi connectivity index (χ1) is 8.54. The van der Waals surface area contributed by atoms with E-state index < -0.39 is 0 Å². The molecule has 3 nitrogen and oxygen atoms in total. The zero-order valence-electron chi connectivity index (χ0n) is 10.1. The van der Waals surface area contributed by atoms with E-state index in [0.29, 0.717) is 13.0 Å². The summed E-state index contributed by atoms with van der Waals surface area (Å²) in [4.78, 5) is 19.2. The van der Waals surface area contributed by atoms with Crippen LogP contribution in [0.2, 0.25) is 0 Å². The second-order valence-electron chi connectivity index (χ2n) is 3.99. The molecule has 0 aromatic carbocycles. The Bertz CT molecular complexity index is 550. The van der Waals surface area contributed by atoms with Crippen LogP contribution in [0, 0.1) is 6.92 Å². The van der Waals surface area contributed by atoms with Crippen LogP contribution in [0.1, 0.15) is 15.6 Å². The van der Waals surface area contributed by atoms with Crippen LogP contribution < -0.4 is 0 Å². The minimum atomic E-state index is 0.102. The third-order valence-corrected chi connectivity index (χ3v) is 4.88. The van der Waals surface area contributed by atoms with Crippen LogP contribution in [0.4, 0.5) is 0 Å². The summed E-state index contributed by atoms with van der Waals surface area (Å²) in [6, 6.07) is 4.04. The van der Waals surface area contributed by atoms with Gasteiger partial charge in [0, 0.05) is 17.3 Å². The lowest BCUT2D eigenvalue weighted by Gasteiger charge is -2.15. The Balaban J connectivity index is 1.92. The van der Waals surface area contributed by atoms with E-state index in [4.69, 9.17) is 0 Å². The van der Waals surface area contributed by atoms with Crippen molar-refractivity contribution in [1.29, 1.82) is 0 Å². The number of thiazole rings is 1. The monoisotopic (exact) mass is 344 g/mol. The number of carbonyl (C=O) groups is 1. The lowest BCUT2D eigenvalue weighted by atomic mass is 10.3. The molecule has 0 N–H and O–H groups in total. The fraction of sp³-hybridized carbons (Fsp3) is 0.333. The molecule has 2 rings (SSSR count). The first kappa shape index (κ1) is 13.7. The van der Waals surface area contributed by atoms with E-state index in [-0.39, 0.29) is 5.91 Å². The highest BCUT2D eigenvalue weighted by atomic mass is 79.9. The van der Waals surface area contributed by atoms with Crippen LogP contribution in [-0.4, -0.2) is 22.8 Å². The van der Waals surface area contributed by atoms with Gasteiger partial charge in [-0.15, -0.1) is 22.7 Å². The number of rotatable bonds is 4. The van der Waals surface area contributed by atoms with Gasteiger partial charge in [0.25, 0.3) is 0 Å². The molecule has 0 bridgehead atoms. The maximum Gasteiger partial charge on any atom is 0.228 e. The molecule has 0 aliphatic heterocycles. The van der Waals surface area contributed by atoms with Crippen molar-refractivity contribution in [1.82, 2.24) is 9.88 Å². The first-order valence-electron chi connectivity index (χ1n) is 5.44. The van der Waals surface area contributed by atoms with E-state index in [2.05, 4.69) is 20.9 Å². The predicted molar refractivity (Wildman–Crippen MR) is 79.0 cm³/mol. The largest absolute Gasteiger partial charge is 0.340 e. The third kappa shape index (κ3) is 3.63. The molecule has 0 fully saturated rings. The molecule has 2 heterocycles. The normalized spacial score (nSPS) is 10.6. The Hall–Kier alpha value is -0.720. The second-order valence-corrected chi connectivity index (χ2v) is 7.60. The van der Waals surface area contributed by atoms with Crippen molar-refractivity contribution in [3.63, 3.8) is 0 Å². The fourth-order valence-electron chi connectivity index (χ4n) is 1.54. The van der Waals surface area contributed by atoms with E-state index in [0.717, 1.165) is 14.5 Å². The zero-order valence-corrected chi connectivity index (χ0v) is 13.4. The molecule has 0 radical (unpaired) electrons. The highest BCUT2D eigenvalue weighted by Gasteiger charge is 2.12. The number of hydrogen-bond donors (Lipinski definition) is 0. The van der Waals surface area contributed by atoms with Crippen molar-refractivity contribution in [2.45, 2.75) is 19.9 Å². The summed E-state index contributed by atoms with van der Waals surface area (Å²) < 4.78 is 1.09. The number of halogens is 1. The molecular weight excluding hydrogens is 332 g/mol. The SMILES string of the molecule is Cc1nc(CC(=O)N(C)Cc2ccc(Br)s2)cs1. The highest BCUT2D eigenvalue weighted by Crippen LogP contribution is 2.23. The number of hydrogen-bond acceptors (Lipinski definition) is 4. The molecular formula is C12H13BrN2OS2. The number of thiophene rings is 1. The Morgan fingerprint density at radius 1 is 1.50 bits per heavy atom. The lowest BCUT2D eigenvalue weighted by molar-refractivity contribution is -0.129. The van der Waals surface area contributed by atoms with E-state index in [1.54, 1.807) is 27.6 Å². The van der Waals surface area contributed by atoms with Crippen molar-refractivity contribution in [2.75, 3.05) is 7.05 Å². The first-order valence-corrected chi connectivity index (χ1v) is 7.92. The summed E-state index contributed by atoms with van der Waals surface area (Å²) in [5, 5.41) is 2.95. The number of amides is 1. The van der Waals surface area contributed by atoms with Gasteiger partial charge in [0.05, 0.1) is 27.5 Å². The fourth-order valence-corrected chi connectivity index (χ4v) is 3.69. The molecule has 0 spiro atoms. The number of aromatic nitrogens is 1. The molecule has 18 heavy (non-hydrogen) atoms. The topological polar surface area (TPSA) is 33.2 Å². The van der Waals surface area contributed by atoms with Crippen molar-refractivity contribution >= 4 is 44.5 Å². The standard InChI is InChI=1S/C12H13BrN2OS2/c1-8-14-9(7-17-8)5-12(16)15(2)6-10-3-4-11(13)18-10/h3-4,7H,5-6H2,1-2H3. The summed E-state index contributed by atoms with van der Waals surface area (Å²) >= 11 is 6.65. The molecule has 2 aromatic rings.